The molecule has 1 aliphatic rings. The van der Waals surface area contributed by atoms with Gasteiger partial charge in [0, 0.05) is 25.3 Å². The lowest BCUT2D eigenvalue weighted by molar-refractivity contribution is 0.0983. The molecule has 104 valence electrons. The van der Waals surface area contributed by atoms with E-state index in [0.29, 0.717) is 25.7 Å². The summed E-state index contributed by atoms with van der Waals surface area (Å²) in [6, 6.07) is 2.08. The maximum atomic E-state index is 11.6. The molecule has 1 aromatic heterocycles. The van der Waals surface area contributed by atoms with Crippen LogP contribution in [0.15, 0.2) is 12.3 Å². The summed E-state index contributed by atoms with van der Waals surface area (Å²) in [4.78, 5) is 21.2. The molecule has 0 spiro atoms. The first kappa shape index (κ1) is 13.4. The number of nitrogen functional groups attached to an aromatic ring is 1. The topological polar surface area (TPSA) is 93.4 Å². The normalized spacial score (nSPS) is 16.2. The molecule has 2 rings (SSSR count). The third kappa shape index (κ3) is 3.70. The first-order valence-electron chi connectivity index (χ1n) is 6.45. The molecular weight excluding hydrogens is 246 g/mol. The number of rotatable bonds is 3. The number of nitrogens with one attached hydrogen (secondary N) is 1. The van der Waals surface area contributed by atoms with Gasteiger partial charge in [0.15, 0.2) is 0 Å². The van der Waals surface area contributed by atoms with E-state index >= 15 is 0 Å². The largest absolute Gasteiger partial charge is 0.450 e. The minimum absolute atomic E-state index is 0.229. The predicted octanol–water partition coefficient (Wildman–Crippen LogP) is 1.09. The van der Waals surface area contributed by atoms with E-state index in [4.69, 9.17) is 10.5 Å². The van der Waals surface area contributed by atoms with Crippen LogP contribution in [-0.2, 0) is 4.74 Å². The molecule has 0 radical (unpaired) electrons. The smallest absolute Gasteiger partial charge is 0.409 e. The number of nitrogens with two attached hydrogens (primary N) is 1. The maximum Gasteiger partial charge on any atom is 0.409 e. The lowest BCUT2D eigenvalue weighted by atomic mass is 10.1. The first-order chi connectivity index (χ1) is 9.19. The number of nitrogens with zero attached hydrogens (tertiary/aromatic N) is 3. The Kier molecular flexibility index (Phi) is 4.38. The summed E-state index contributed by atoms with van der Waals surface area (Å²) in [6.45, 7) is 3.61. The molecule has 1 aromatic rings. The molecule has 19 heavy (non-hydrogen) atoms. The zero-order valence-corrected chi connectivity index (χ0v) is 11.0. The summed E-state index contributed by atoms with van der Waals surface area (Å²) < 4.78 is 4.98. The second-order valence-electron chi connectivity index (χ2n) is 4.40. The Labute approximate surface area is 112 Å². The van der Waals surface area contributed by atoms with Gasteiger partial charge in [-0.05, 0) is 25.8 Å². The molecule has 7 nitrogen and oxygen atoms in total. The van der Waals surface area contributed by atoms with Gasteiger partial charge in [-0.25, -0.2) is 9.78 Å². The number of carbonyl (C=O) groups is 1. The van der Waals surface area contributed by atoms with Crippen molar-refractivity contribution in [2.75, 3.05) is 30.7 Å². The van der Waals surface area contributed by atoms with Crippen molar-refractivity contribution in [1.82, 2.24) is 14.9 Å². The van der Waals surface area contributed by atoms with Crippen LogP contribution < -0.4 is 11.1 Å². The summed E-state index contributed by atoms with van der Waals surface area (Å²) in [5, 5.41) is 3.30. The monoisotopic (exact) mass is 265 g/mol. The van der Waals surface area contributed by atoms with Gasteiger partial charge in [0.05, 0.1) is 6.61 Å². The number of ether oxygens (including phenoxy) is 1. The fraction of sp³-hybridized carbons (Fsp3) is 0.583. The van der Waals surface area contributed by atoms with Crippen LogP contribution in [0, 0.1) is 0 Å². The highest BCUT2D eigenvalue weighted by Crippen LogP contribution is 2.16. The van der Waals surface area contributed by atoms with E-state index in [1.807, 2.05) is 6.92 Å². The minimum Gasteiger partial charge on any atom is -0.450 e. The van der Waals surface area contributed by atoms with Crippen LogP contribution in [0.1, 0.15) is 19.8 Å². The van der Waals surface area contributed by atoms with Crippen LogP contribution in [0.25, 0.3) is 0 Å². The number of carbonyl (C=O) groups excluding carboxylic acids is 1. The fourth-order valence-corrected chi connectivity index (χ4v) is 2.08. The Hall–Kier alpha value is -2.05. The van der Waals surface area contributed by atoms with Gasteiger partial charge in [0.1, 0.15) is 5.82 Å². The first-order valence-corrected chi connectivity index (χ1v) is 6.45. The molecule has 0 unspecified atom stereocenters. The summed E-state index contributed by atoms with van der Waals surface area (Å²) in [6.07, 6.45) is 3.12. The molecule has 7 heteroatoms. The molecule has 0 saturated carbocycles. The molecule has 0 bridgehead atoms. The average Bonchev–Trinajstić information content (AvgIpc) is 2.40. The molecule has 2 heterocycles. The Morgan fingerprint density at radius 1 is 1.58 bits per heavy atom. The molecule has 1 amide bonds. The van der Waals surface area contributed by atoms with Crippen LogP contribution in [0.5, 0.6) is 0 Å². The van der Waals surface area contributed by atoms with Crippen LogP contribution in [0.3, 0.4) is 0 Å². The fourth-order valence-electron chi connectivity index (χ4n) is 2.08. The van der Waals surface area contributed by atoms with Gasteiger partial charge in [-0.1, -0.05) is 0 Å². The van der Waals surface area contributed by atoms with Gasteiger partial charge >= 0.3 is 6.09 Å². The van der Waals surface area contributed by atoms with Gasteiger partial charge < -0.3 is 20.7 Å². The van der Waals surface area contributed by atoms with Crippen molar-refractivity contribution >= 4 is 17.9 Å². The number of piperidine rings is 1. The summed E-state index contributed by atoms with van der Waals surface area (Å²) in [5.74, 6) is 0.982. The quantitative estimate of drug-likeness (QED) is 0.849. The Balaban J connectivity index is 1.82. The third-order valence-electron chi connectivity index (χ3n) is 3.05. The number of hydrogen-bond donors (Lipinski definition) is 2. The Morgan fingerprint density at radius 2 is 2.32 bits per heavy atom. The highest BCUT2D eigenvalue weighted by atomic mass is 16.6. The second kappa shape index (κ2) is 6.21. The van der Waals surface area contributed by atoms with E-state index in [0.717, 1.165) is 18.7 Å². The lowest BCUT2D eigenvalue weighted by Gasteiger charge is -2.31. The molecule has 0 aliphatic carbocycles. The van der Waals surface area contributed by atoms with E-state index in [1.165, 1.54) is 0 Å². The minimum atomic E-state index is -0.229. The second-order valence-corrected chi connectivity index (χ2v) is 4.40. The molecule has 1 aliphatic heterocycles. The number of amides is 1. The van der Waals surface area contributed by atoms with Crippen molar-refractivity contribution in [3.05, 3.63) is 12.3 Å². The maximum absolute atomic E-state index is 11.6. The van der Waals surface area contributed by atoms with Gasteiger partial charge in [-0.15, -0.1) is 0 Å². The molecule has 1 fully saturated rings. The zero-order valence-electron chi connectivity index (χ0n) is 11.0. The zero-order chi connectivity index (χ0) is 13.7. The van der Waals surface area contributed by atoms with Gasteiger partial charge in [0.25, 0.3) is 0 Å². The van der Waals surface area contributed by atoms with Crippen molar-refractivity contribution in [3.8, 4) is 0 Å². The SMILES string of the molecule is CCOC(=O)N1CCC(Nc2ccnc(N)n2)CC1. The van der Waals surface area contributed by atoms with E-state index in [-0.39, 0.29) is 12.0 Å². The molecule has 1 saturated heterocycles. The van der Waals surface area contributed by atoms with Gasteiger partial charge in [0.2, 0.25) is 5.95 Å². The highest BCUT2D eigenvalue weighted by molar-refractivity contribution is 5.67. The number of aromatic nitrogens is 2. The highest BCUT2D eigenvalue weighted by Gasteiger charge is 2.23. The van der Waals surface area contributed by atoms with Crippen molar-refractivity contribution in [1.29, 1.82) is 0 Å². The number of hydrogen-bond acceptors (Lipinski definition) is 6. The van der Waals surface area contributed by atoms with Gasteiger partial charge in [-0.3, -0.25) is 0 Å². The van der Waals surface area contributed by atoms with Crippen molar-refractivity contribution in [2.24, 2.45) is 0 Å². The number of likely N-dealkylation sites (tertiary alicyclic amines) is 1. The van der Waals surface area contributed by atoms with Crippen LogP contribution >= 0.6 is 0 Å². The van der Waals surface area contributed by atoms with Gasteiger partial charge in [-0.2, -0.15) is 4.98 Å². The predicted molar refractivity (Wildman–Crippen MR) is 71.7 cm³/mol. The van der Waals surface area contributed by atoms with Crippen LogP contribution in [0.4, 0.5) is 16.6 Å². The van der Waals surface area contributed by atoms with Crippen LogP contribution in [0.2, 0.25) is 0 Å². The van der Waals surface area contributed by atoms with Crippen molar-refractivity contribution < 1.29 is 9.53 Å². The van der Waals surface area contributed by atoms with E-state index < -0.39 is 0 Å². The standard InChI is InChI=1S/C12H19N5O2/c1-2-19-12(18)17-7-4-9(5-8-17)15-10-3-6-14-11(13)16-10/h3,6,9H,2,4-5,7-8H2,1H3,(H3,13,14,15,16). The van der Waals surface area contributed by atoms with E-state index in [1.54, 1.807) is 17.2 Å². The molecule has 0 atom stereocenters. The summed E-state index contributed by atoms with van der Waals surface area (Å²) in [7, 11) is 0. The molecule has 3 N–H and O–H groups in total. The van der Waals surface area contributed by atoms with E-state index in [9.17, 15) is 4.79 Å². The third-order valence-corrected chi connectivity index (χ3v) is 3.05. The molecule has 0 aromatic carbocycles. The Morgan fingerprint density at radius 3 is 2.95 bits per heavy atom. The average molecular weight is 265 g/mol. The Bertz CT molecular complexity index is 432. The summed E-state index contributed by atoms with van der Waals surface area (Å²) in [5.41, 5.74) is 5.53. The van der Waals surface area contributed by atoms with E-state index in [2.05, 4.69) is 15.3 Å². The summed E-state index contributed by atoms with van der Waals surface area (Å²) >= 11 is 0. The number of anilines is 2. The molecular formula is C12H19N5O2. The van der Waals surface area contributed by atoms with Crippen LogP contribution in [-0.4, -0.2) is 46.7 Å². The van der Waals surface area contributed by atoms with Crippen molar-refractivity contribution in [3.63, 3.8) is 0 Å². The van der Waals surface area contributed by atoms with Crippen molar-refractivity contribution in [2.45, 2.75) is 25.8 Å². The lowest BCUT2D eigenvalue weighted by Crippen LogP contribution is -2.42.